The van der Waals surface area contributed by atoms with Crippen molar-refractivity contribution in [3.63, 3.8) is 0 Å². The number of ether oxygens (including phenoxy) is 3. The second-order valence-electron chi connectivity index (χ2n) is 7.31. The van der Waals surface area contributed by atoms with Crippen molar-refractivity contribution in [2.24, 2.45) is 0 Å². The Kier molecular flexibility index (Phi) is 9.93. The van der Waals surface area contributed by atoms with Gasteiger partial charge in [0.25, 0.3) is 5.91 Å². The normalized spacial score (nSPS) is 13.3. The van der Waals surface area contributed by atoms with E-state index in [1.807, 2.05) is 4.90 Å². The number of methoxy groups -OCH3 is 1. The van der Waals surface area contributed by atoms with Crippen molar-refractivity contribution in [3.05, 3.63) is 23.8 Å². The Morgan fingerprint density at radius 1 is 1.16 bits per heavy atom. The third kappa shape index (κ3) is 7.66. The number of piperidine rings is 1. The predicted molar refractivity (Wildman–Crippen MR) is 116 cm³/mol. The topological polar surface area (TPSA) is 97.4 Å². The Morgan fingerprint density at radius 2 is 1.90 bits per heavy atom. The Hall–Kier alpha value is -2.97. The van der Waals surface area contributed by atoms with Crippen LogP contribution in [0.4, 0.5) is 4.79 Å². The highest BCUT2D eigenvalue weighted by Crippen LogP contribution is 2.27. The lowest BCUT2D eigenvalue weighted by Crippen LogP contribution is -2.41. The summed E-state index contributed by atoms with van der Waals surface area (Å²) >= 11 is 0. The van der Waals surface area contributed by atoms with Crippen molar-refractivity contribution < 1.29 is 28.6 Å². The van der Waals surface area contributed by atoms with Crippen molar-refractivity contribution in [2.45, 2.75) is 32.6 Å². The summed E-state index contributed by atoms with van der Waals surface area (Å²) in [5, 5.41) is 2.72. The van der Waals surface area contributed by atoms with Crippen molar-refractivity contribution in [3.8, 4) is 11.5 Å². The molecule has 9 nitrogen and oxygen atoms in total. The van der Waals surface area contributed by atoms with E-state index in [2.05, 4.69) is 5.32 Å². The van der Waals surface area contributed by atoms with Crippen LogP contribution in [0.25, 0.3) is 0 Å². The third-order valence-electron chi connectivity index (χ3n) is 4.93. The molecule has 3 amide bonds. The first-order valence-electron chi connectivity index (χ1n) is 10.7. The lowest BCUT2D eigenvalue weighted by atomic mass is 10.1. The molecule has 0 saturated carbocycles. The monoisotopic (exact) mass is 435 g/mol. The highest BCUT2D eigenvalue weighted by molar-refractivity contribution is 5.97. The van der Waals surface area contributed by atoms with Gasteiger partial charge in [0.1, 0.15) is 18.0 Å². The van der Waals surface area contributed by atoms with Gasteiger partial charge in [0.2, 0.25) is 0 Å². The van der Waals surface area contributed by atoms with Gasteiger partial charge in [-0.3, -0.25) is 9.59 Å². The van der Waals surface area contributed by atoms with E-state index < -0.39 is 5.97 Å². The molecule has 172 valence electrons. The van der Waals surface area contributed by atoms with Crippen molar-refractivity contribution in [2.75, 3.05) is 53.6 Å². The summed E-state index contributed by atoms with van der Waals surface area (Å²) in [4.78, 5) is 39.2. The molecule has 0 aromatic heterocycles. The summed E-state index contributed by atoms with van der Waals surface area (Å²) in [6.07, 6.45) is 3.81. The molecule has 31 heavy (non-hydrogen) atoms. The molecular formula is C22H33N3O6. The van der Waals surface area contributed by atoms with Gasteiger partial charge in [-0.25, -0.2) is 4.79 Å². The summed E-state index contributed by atoms with van der Waals surface area (Å²) in [7, 11) is 3.07. The predicted octanol–water partition coefficient (Wildman–Crippen LogP) is 2.29. The molecule has 1 heterocycles. The van der Waals surface area contributed by atoms with E-state index >= 15 is 0 Å². The van der Waals surface area contributed by atoms with E-state index in [4.69, 9.17) is 14.2 Å². The van der Waals surface area contributed by atoms with Gasteiger partial charge in [0.05, 0.1) is 25.9 Å². The third-order valence-corrected chi connectivity index (χ3v) is 4.93. The van der Waals surface area contributed by atoms with Crippen LogP contribution in [0.2, 0.25) is 0 Å². The molecule has 1 aliphatic rings. The Balaban J connectivity index is 1.76. The second-order valence-corrected chi connectivity index (χ2v) is 7.31. The van der Waals surface area contributed by atoms with Gasteiger partial charge in [-0.05, 0) is 44.7 Å². The molecule has 9 heteroatoms. The van der Waals surface area contributed by atoms with Crippen LogP contribution >= 0.6 is 0 Å². The van der Waals surface area contributed by atoms with Crippen LogP contribution in [0.15, 0.2) is 18.2 Å². The number of nitrogens with one attached hydrogen (secondary N) is 1. The van der Waals surface area contributed by atoms with Gasteiger partial charge in [0.15, 0.2) is 0 Å². The molecule has 0 bridgehead atoms. The molecule has 1 aromatic carbocycles. The zero-order valence-corrected chi connectivity index (χ0v) is 18.6. The van der Waals surface area contributed by atoms with E-state index in [1.54, 1.807) is 25.1 Å². The fourth-order valence-corrected chi connectivity index (χ4v) is 3.27. The minimum absolute atomic E-state index is 0.0160. The zero-order chi connectivity index (χ0) is 22.6. The molecule has 1 N–H and O–H groups in total. The SMILES string of the molecule is CCOC(=O)CN(C)C(=O)NCCCOc1ccc(C(=O)N2CCCCC2)c(OC)c1. The highest BCUT2D eigenvalue weighted by Gasteiger charge is 2.21. The number of esters is 1. The fourth-order valence-electron chi connectivity index (χ4n) is 3.27. The summed E-state index contributed by atoms with van der Waals surface area (Å²) < 4.78 is 15.9. The number of carbonyl (C=O) groups is 3. The van der Waals surface area contributed by atoms with Gasteiger partial charge in [-0.2, -0.15) is 0 Å². The van der Waals surface area contributed by atoms with Crippen molar-refractivity contribution >= 4 is 17.9 Å². The van der Waals surface area contributed by atoms with E-state index in [0.29, 0.717) is 36.6 Å². The lowest BCUT2D eigenvalue weighted by molar-refractivity contribution is -0.143. The van der Waals surface area contributed by atoms with Crippen LogP contribution in [0.1, 0.15) is 43.0 Å². The first kappa shape index (κ1) is 24.3. The van der Waals surface area contributed by atoms with Gasteiger partial charge in [-0.15, -0.1) is 0 Å². The smallest absolute Gasteiger partial charge is 0.325 e. The minimum Gasteiger partial charge on any atom is -0.496 e. The number of urea groups is 1. The first-order chi connectivity index (χ1) is 15.0. The summed E-state index contributed by atoms with van der Waals surface area (Å²) in [6.45, 7) is 4.23. The largest absolute Gasteiger partial charge is 0.496 e. The minimum atomic E-state index is -0.445. The molecular weight excluding hydrogens is 402 g/mol. The van der Waals surface area contributed by atoms with Crippen LogP contribution in [0.3, 0.4) is 0 Å². The van der Waals surface area contributed by atoms with Gasteiger partial charge >= 0.3 is 12.0 Å². The van der Waals surface area contributed by atoms with Crippen molar-refractivity contribution in [1.82, 2.24) is 15.1 Å². The molecule has 0 spiro atoms. The molecule has 1 aromatic rings. The average Bonchev–Trinajstić information content (AvgIpc) is 2.78. The lowest BCUT2D eigenvalue weighted by Gasteiger charge is -2.27. The molecule has 0 unspecified atom stereocenters. The molecule has 1 aliphatic heterocycles. The zero-order valence-electron chi connectivity index (χ0n) is 18.6. The fraction of sp³-hybridized carbons (Fsp3) is 0.591. The molecule has 2 rings (SSSR count). The Labute approximate surface area is 183 Å². The standard InChI is InChI=1S/C22H33N3O6/c1-4-30-20(26)16-24(2)22(28)23-11-8-14-31-17-9-10-18(19(15-17)29-3)21(27)25-12-6-5-7-13-25/h9-10,15H,4-8,11-14,16H2,1-3H3,(H,23,28). The van der Waals surface area contributed by atoms with Crippen LogP contribution in [-0.2, 0) is 9.53 Å². The van der Waals surface area contributed by atoms with E-state index in [1.165, 1.54) is 19.1 Å². The van der Waals surface area contributed by atoms with E-state index in [0.717, 1.165) is 32.4 Å². The number of hydrogen-bond acceptors (Lipinski definition) is 6. The number of benzene rings is 1. The first-order valence-corrected chi connectivity index (χ1v) is 10.7. The number of amides is 3. The summed E-state index contributed by atoms with van der Waals surface area (Å²) in [5.41, 5.74) is 0.536. The maximum atomic E-state index is 12.7. The van der Waals surface area contributed by atoms with E-state index in [-0.39, 0.29) is 25.1 Å². The number of likely N-dealkylation sites (tertiary alicyclic amines) is 1. The molecule has 0 radical (unpaired) electrons. The number of carbonyl (C=O) groups excluding carboxylic acids is 3. The Bertz CT molecular complexity index is 749. The molecule has 0 atom stereocenters. The van der Waals surface area contributed by atoms with Gasteiger partial charge < -0.3 is 29.3 Å². The van der Waals surface area contributed by atoms with Gasteiger partial charge in [-0.1, -0.05) is 0 Å². The number of hydrogen-bond donors (Lipinski definition) is 1. The molecule has 0 aliphatic carbocycles. The highest BCUT2D eigenvalue weighted by atomic mass is 16.5. The van der Waals surface area contributed by atoms with Crippen LogP contribution in [-0.4, -0.2) is 81.3 Å². The Morgan fingerprint density at radius 3 is 2.58 bits per heavy atom. The number of likely N-dealkylation sites (N-methyl/N-ethyl adjacent to an activating group) is 1. The van der Waals surface area contributed by atoms with Gasteiger partial charge in [0, 0.05) is 32.7 Å². The second kappa shape index (κ2) is 12.7. The van der Waals surface area contributed by atoms with E-state index in [9.17, 15) is 14.4 Å². The molecule has 1 fully saturated rings. The van der Waals surface area contributed by atoms with Crippen LogP contribution < -0.4 is 14.8 Å². The quantitative estimate of drug-likeness (QED) is 0.447. The number of nitrogens with zero attached hydrogens (tertiary/aromatic N) is 2. The number of rotatable bonds is 10. The van der Waals surface area contributed by atoms with Crippen LogP contribution in [0.5, 0.6) is 11.5 Å². The molecule has 1 saturated heterocycles. The average molecular weight is 436 g/mol. The van der Waals surface area contributed by atoms with Crippen molar-refractivity contribution in [1.29, 1.82) is 0 Å². The summed E-state index contributed by atoms with van der Waals surface area (Å²) in [5.74, 6) is 0.622. The maximum Gasteiger partial charge on any atom is 0.325 e. The maximum absolute atomic E-state index is 12.7. The summed E-state index contributed by atoms with van der Waals surface area (Å²) in [6, 6.07) is 4.85. The van der Waals surface area contributed by atoms with Crippen LogP contribution in [0, 0.1) is 0 Å².